The minimum Gasteiger partial charge on any atom is -0.427 e. The fraction of sp³-hybridized carbons (Fsp3) is 0.857. The summed E-state index contributed by atoms with van der Waals surface area (Å²) in [5, 5.41) is 0. The Labute approximate surface area is 61.3 Å². The lowest BCUT2D eigenvalue weighted by atomic mass is 10.4. The third-order valence-electron chi connectivity index (χ3n) is 1.02. The maximum Gasteiger partial charge on any atom is 0.419 e. The SMILES string of the molecule is CCCOC(CC)O[C]=O. The van der Waals surface area contributed by atoms with Gasteiger partial charge in [0.1, 0.15) is 0 Å². The van der Waals surface area contributed by atoms with Crippen molar-refractivity contribution in [2.75, 3.05) is 6.61 Å². The van der Waals surface area contributed by atoms with E-state index < -0.39 is 6.29 Å². The monoisotopic (exact) mass is 145 g/mol. The lowest BCUT2D eigenvalue weighted by Gasteiger charge is -2.11. The lowest BCUT2D eigenvalue weighted by molar-refractivity contribution is -0.0902. The summed E-state index contributed by atoms with van der Waals surface area (Å²) in [6.07, 6.45) is 1.20. The first kappa shape index (κ1) is 9.43. The molecular formula is C7H13O3. The highest BCUT2D eigenvalue weighted by Gasteiger charge is 2.04. The van der Waals surface area contributed by atoms with Crippen LogP contribution in [0.5, 0.6) is 0 Å². The van der Waals surface area contributed by atoms with Crippen LogP contribution in [0.15, 0.2) is 0 Å². The Morgan fingerprint density at radius 1 is 1.50 bits per heavy atom. The van der Waals surface area contributed by atoms with Crippen molar-refractivity contribution in [1.29, 1.82) is 0 Å². The Morgan fingerprint density at radius 2 is 2.20 bits per heavy atom. The molecule has 0 aliphatic rings. The summed E-state index contributed by atoms with van der Waals surface area (Å²) in [4.78, 5) is 9.71. The average Bonchev–Trinajstić information content (AvgIpc) is 1.98. The molecule has 1 atom stereocenters. The van der Waals surface area contributed by atoms with E-state index in [4.69, 9.17) is 4.74 Å². The van der Waals surface area contributed by atoms with Gasteiger partial charge >= 0.3 is 6.47 Å². The van der Waals surface area contributed by atoms with Gasteiger partial charge in [0, 0.05) is 6.42 Å². The summed E-state index contributed by atoms with van der Waals surface area (Å²) in [5.41, 5.74) is 0. The standard InChI is InChI=1S/C7H13O3/c1-3-5-9-7(4-2)10-6-8/h7H,3-5H2,1-2H3. The summed E-state index contributed by atoms with van der Waals surface area (Å²) in [5.74, 6) is 0. The van der Waals surface area contributed by atoms with Gasteiger partial charge in [-0.1, -0.05) is 13.8 Å². The Balaban J connectivity index is 3.29. The van der Waals surface area contributed by atoms with Crippen LogP contribution in [0.2, 0.25) is 0 Å². The molecule has 0 bridgehead atoms. The summed E-state index contributed by atoms with van der Waals surface area (Å²) in [6.45, 7) is 5.86. The van der Waals surface area contributed by atoms with Gasteiger partial charge in [0.05, 0.1) is 6.61 Å². The predicted octanol–water partition coefficient (Wildman–Crippen LogP) is 1.23. The molecule has 0 aliphatic heterocycles. The van der Waals surface area contributed by atoms with Crippen LogP contribution in [0.25, 0.3) is 0 Å². The molecule has 0 spiro atoms. The molecular weight excluding hydrogens is 132 g/mol. The van der Waals surface area contributed by atoms with E-state index in [0.29, 0.717) is 13.0 Å². The van der Waals surface area contributed by atoms with Crippen molar-refractivity contribution in [2.24, 2.45) is 0 Å². The Bertz CT molecular complexity index is 82.9. The van der Waals surface area contributed by atoms with Gasteiger partial charge in [0.25, 0.3) is 0 Å². The van der Waals surface area contributed by atoms with Gasteiger partial charge in [-0.2, -0.15) is 0 Å². The summed E-state index contributed by atoms with van der Waals surface area (Å²) >= 11 is 0. The Kier molecular flexibility index (Phi) is 6.18. The van der Waals surface area contributed by atoms with E-state index in [1.54, 1.807) is 0 Å². The molecule has 0 amide bonds. The van der Waals surface area contributed by atoms with E-state index in [2.05, 4.69) is 4.74 Å². The number of ether oxygens (including phenoxy) is 2. The molecule has 0 aromatic heterocycles. The normalized spacial score (nSPS) is 12.6. The van der Waals surface area contributed by atoms with E-state index in [0.717, 1.165) is 6.42 Å². The van der Waals surface area contributed by atoms with Crippen molar-refractivity contribution in [3.8, 4) is 0 Å². The molecule has 59 valence electrons. The number of rotatable bonds is 6. The molecule has 3 nitrogen and oxygen atoms in total. The first-order chi connectivity index (χ1) is 4.85. The zero-order valence-corrected chi connectivity index (χ0v) is 6.42. The molecule has 10 heavy (non-hydrogen) atoms. The molecule has 1 radical (unpaired) electrons. The van der Waals surface area contributed by atoms with E-state index in [-0.39, 0.29) is 0 Å². The van der Waals surface area contributed by atoms with Crippen molar-refractivity contribution < 1.29 is 14.3 Å². The quantitative estimate of drug-likeness (QED) is 0.527. The highest BCUT2D eigenvalue weighted by Crippen LogP contribution is 1.98. The smallest absolute Gasteiger partial charge is 0.419 e. The van der Waals surface area contributed by atoms with E-state index in [1.165, 1.54) is 6.47 Å². The third-order valence-corrected chi connectivity index (χ3v) is 1.02. The number of carbonyl (C=O) groups excluding carboxylic acids is 1. The number of hydrogen-bond donors (Lipinski definition) is 0. The van der Waals surface area contributed by atoms with Crippen LogP contribution in [-0.2, 0) is 14.3 Å². The highest BCUT2D eigenvalue weighted by molar-refractivity contribution is 5.38. The first-order valence-corrected chi connectivity index (χ1v) is 3.49. The molecule has 0 N–H and O–H groups in total. The van der Waals surface area contributed by atoms with E-state index >= 15 is 0 Å². The highest BCUT2D eigenvalue weighted by atomic mass is 16.7. The van der Waals surface area contributed by atoms with Gasteiger partial charge < -0.3 is 9.47 Å². The van der Waals surface area contributed by atoms with E-state index in [1.807, 2.05) is 13.8 Å². The predicted molar refractivity (Wildman–Crippen MR) is 37.1 cm³/mol. The number of hydrogen-bond acceptors (Lipinski definition) is 3. The largest absolute Gasteiger partial charge is 0.427 e. The molecule has 0 aromatic carbocycles. The van der Waals surface area contributed by atoms with Gasteiger partial charge in [0.15, 0.2) is 0 Å². The molecule has 1 unspecified atom stereocenters. The van der Waals surface area contributed by atoms with Gasteiger partial charge in [-0.3, -0.25) is 0 Å². The van der Waals surface area contributed by atoms with Crippen molar-refractivity contribution >= 4 is 6.47 Å². The van der Waals surface area contributed by atoms with Gasteiger partial charge in [-0.15, -0.1) is 0 Å². The molecule has 0 aliphatic carbocycles. The zero-order chi connectivity index (χ0) is 7.82. The zero-order valence-electron chi connectivity index (χ0n) is 6.42. The minimum atomic E-state index is -0.405. The second kappa shape index (κ2) is 6.55. The first-order valence-electron chi connectivity index (χ1n) is 3.49. The molecule has 0 heterocycles. The maximum atomic E-state index is 9.71. The minimum absolute atomic E-state index is 0.405. The lowest BCUT2D eigenvalue weighted by Crippen LogP contribution is -2.15. The van der Waals surface area contributed by atoms with Crippen LogP contribution in [-0.4, -0.2) is 19.4 Å². The summed E-state index contributed by atoms with van der Waals surface area (Å²) in [6, 6.07) is 0. The second-order valence-electron chi connectivity index (χ2n) is 1.91. The van der Waals surface area contributed by atoms with Crippen LogP contribution in [0.1, 0.15) is 26.7 Å². The maximum absolute atomic E-state index is 9.71. The van der Waals surface area contributed by atoms with Crippen LogP contribution in [0.3, 0.4) is 0 Å². The molecule has 0 saturated carbocycles. The molecule has 0 aromatic rings. The van der Waals surface area contributed by atoms with Crippen LogP contribution < -0.4 is 0 Å². The average molecular weight is 145 g/mol. The molecule has 0 rings (SSSR count). The Morgan fingerprint density at radius 3 is 2.60 bits per heavy atom. The van der Waals surface area contributed by atoms with Crippen molar-refractivity contribution in [3.05, 3.63) is 0 Å². The van der Waals surface area contributed by atoms with Crippen LogP contribution in [0.4, 0.5) is 0 Å². The van der Waals surface area contributed by atoms with E-state index in [9.17, 15) is 4.79 Å². The molecule has 3 heteroatoms. The van der Waals surface area contributed by atoms with Crippen molar-refractivity contribution in [2.45, 2.75) is 33.0 Å². The molecule has 0 fully saturated rings. The second-order valence-corrected chi connectivity index (χ2v) is 1.91. The van der Waals surface area contributed by atoms with Crippen LogP contribution >= 0.6 is 0 Å². The topological polar surface area (TPSA) is 35.5 Å². The summed E-state index contributed by atoms with van der Waals surface area (Å²) in [7, 11) is 0. The van der Waals surface area contributed by atoms with Gasteiger partial charge in [-0.25, -0.2) is 4.79 Å². The van der Waals surface area contributed by atoms with Crippen LogP contribution in [0, 0.1) is 0 Å². The fourth-order valence-electron chi connectivity index (χ4n) is 0.538. The molecule has 0 saturated heterocycles. The third kappa shape index (κ3) is 4.32. The summed E-state index contributed by atoms with van der Waals surface area (Å²) < 4.78 is 9.56. The van der Waals surface area contributed by atoms with Gasteiger partial charge in [-0.05, 0) is 6.42 Å². The Hall–Kier alpha value is -0.570. The fourth-order valence-corrected chi connectivity index (χ4v) is 0.538. The van der Waals surface area contributed by atoms with Crippen molar-refractivity contribution in [3.63, 3.8) is 0 Å². The van der Waals surface area contributed by atoms with Crippen molar-refractivity contribution in [1.82, 2.24) is 0 Å². The van der Waals surface area contributed by atoms with Gasteiger partial charge in [0.2, 0.25) is 6.29 Å².